The number of carbonyl (C=O) groups is 1. The van der Waals surface area contributed by atoms with E-state index in [1.807, 2.05) is 34.9 Å². The second-order valence-electron chi connectivity index (χ2n) is 9.38. The number of ether oxygens (including phenoxy) is 1. The largest absolute Gasteiger partial charge is 0.378 e. The summed E-state index contributed by atoms with van der Waals surface area (Å²) in [6.45, 7) is 8.11. The molecule has 178 valence electrons. The number of pyridine rings is 1. The number of hydrogen-bond acceptors (Lipinski definition) is 4. The van der Waals surface area contributed by atoms with Crippen LogP contribution in [0.4, 0.5) is 4.79 Å². The lowest BCUT2D eigenvalue weighted by atomic mass is 9.82. The SMILES string of the molecule is CCc1ccc(C2CC(c3cc(-c4cccc(C)n4)n[nH]3)CN(C(=O)N3CCOCC3)C2)cc1. The molecule has 2 aromatic heterocycles. The number of urea groups is 1. The zero-order valence-electron chi connectivity index (χ0n) is 20.0. The Kier molecular flexibility index (Phi) is 6.63. The lowest BCUT2D eigenvalue weighted by Gasteiger charge is -2.41. The van der Waals surface area contributed by atoms with Gasteiger partial charge >= 0.3 is 6.03 Å². The van der Waals surface area contributed by atoms with Crippen molar-refractivity contribution in [3.63, 3.8) is 0 Å². The van der Waals surface area contributed by atoms with Gasteiger partial charge in [0, 0.05) is 49.4 Å². The minimum Gasteiger partial charge on any atom is -0.378 e. The number of piperidine rings is 1. The third-order valence-electron chi connectivity index (χ3n) is 7.05. The van der Waals surface area contributed by atoms with Crippen LogP contribution >= 0.6 is 0 Å². The number of morpholine rings is 1. The van der Waals surface area contributed by atoms with Crippen LogP contribution in [0.1, 0.15) is 47.7 Å². The Bertz CT molecular complexity index is 1120. The summed E-state index contributed by atoms with van der Waals surface area (Å²) in [5.41, 5.74) is 6.37. The highest BCUT2D eigenvalue weighted by Crippen LogP contribution is 2.36. The van der Waals surface area contributed by atoms with Gasteiger partial charge in [-0.2, -0.15) is 5.10 Å². The molecule has 2 fully saturated rings. The number of nitrogens with zero attached hydrogens (tertiary/aromatic N) is 4. The van der Waals surface area contributed by atoms with Gasteiger partial charge in [-0.3, -0.25) is 10.1 Å². The quantitative estimate of drug-likeness (QED) is 0.629. The van der Waals surface area contributed by atoms with Crippen LogP contribution in [0.5, 0.6) is 0 Å². The van der Waals surface area contributed by atoms with E-state index in [2.05, 4.69) is 52.4 Å². The average molecular weight is 460 g/mol. The van der Waals surface area contributed by atoms with Crippen molar-refractivity contribution in [1.82, 2.24) is 25.0 Å². The molecule has 0 spiro atoms. The van der Waals surface area contributed by atoms with Crippen LogP contribution < -0.4 is 0 Å². The molecule has 1 aromatic carbocycles. The third-order valence-corrected chi connectivity index (χ3v) is 7.05. The number of nitrogens with one attached hydrogen (secondary N) is 1. The first-order chi connectivity index (χ1) is 16.6. The lowest BCUT2D eigenvalue weighted by molar-refractivity contribution is 0.0398. The second kappa shape index (κ2) is 9.97. The maximum atomic E-state index is 13.4. The Morgan fingerprint density at radius 1 is 1.03 bits per heavy atom. The number of aromatic amines is 1. The summed E-state index contributed by atoms with van der Waals surface area (Å²) >= 11 is 0. The molecule has 0 bridgehead atoms. The fraction of sp³-hybridized carbons (Fsp3) is 0.444. The highest BCUT2D eigenvalue weighted by Gasteiger charge is 2.35. The van der Waals surface area contributed by atoms with E-state index in [-0.39, 0.29) is 17.9 Å². The van der Waals surface area contributed by atoms with Crippen molar-refractivity contribution in [3.05, 3.63) is 71.0 Å². The van der Waals surface area contributed by atoms with Crippen molar-refractivity contribution in [2.45, 2.75) is 38.5 Å². The highest BCUT2D eigenvalue weighted by molar-refractivity contribution is 5.75. The summed E-state index contributed by atoms with van der Waals surface area (Å²) in [7, 11) is 0. The van der Waals surface area contributed by atoms with Crippen molar-refractivity contribution in [1.29, 1.82) is 0 Å². The number of amides is 2. The molecule has 1 N–H and O–H groups in total. The van der Waals surface area contributed by atoms with Crippen molar-refractivity contribution < 1.29 is 9.53 Å². The van der Waals surface area contributed by atoms with E-state index in [9.17, 15) is 4.79 Å². The van der Waals surface area contributed by atoms with Gasteiger partial charge in [0.15, 0.2) is 0 Å². The summed E-state index contributed by atoms with van der Waals surface area (Å²) in [5, 5.41) is 7.83. The molecule has 2 atom stereocenters. The van der Waals surface area contributed by atoms with E-state index < -0.39 is 0 Å². The van der Waals surface area contributed by atoms with Crippen molar-refractivity contribution in [2.75, 3.05) is 39.4 Å². The summed E-state index contributed by atoms with van der Waals surface area (Å²) < 4.78 is 5.46. The Morgan fingerprint density at radius 2 is 1.79 bits per heavy atom. The third kappa shape index (κ3) is 4.85. The van der Waals surface area contributed by atoms with Crippen LogP contribution in [0, 0.1) is 6.92 Å². The molecular formula is C27H33N5O2. The second-order valence-corrected chi connectivity index (χ2v) is 9.38. The number of aromatic nitrogens is 3. The zero-order chi connectivity index (χ0) is 23.5. The molecule has 34 heavy (non-hydrogen) atoms. The molecule has 7 heteroatoms. The Hall–Kier alpha value is -3.19. The van der Waals surface area contributed by atoms with Gasteiger partial charge in [0.1, 0.15) is 5.69 Å². The molecule has 0 aliphatic carbocycles. The van der Waals surface area contributed by atoms with E-state index in [0.29, 0.717) is 32.8 Å². The van der Waals surface area contributed by atoms with E-state index in [1.54, 1.807) is 0 Å². The van der Waals surface area contributed by atoms with E-state index in [0.717, 1.165) is 42.2 Å². The zero-order valence-corrected chi connectivity index (χ0v) is 20.0. The fourth-order valence-electron chi connectivity index (χ4n) is 5.06. The Labute approximate surface area is 201 Å². The van der Waals surface area contributed by atoms with Crippen LogP contribution in [-0.4, -0.2) is 70.4 Å². The van der Waals surface area contributed by atoms with Crippen LogP contribution in [0.25, 0.3) is 11.4 Å². The molecule has 7 nitrogen and oxygen atoms in total. The van der Waals surface area contributed by atoms with Gasteiger partial charge in [-0.1, -0.05) is 37.3 Å². The number of aryl methyl sites for hydroxylation is 2. The normalized spacial score (nSPS) is 21.0. The maximum absolute atomic E-state index is 13.4. The van der Waals surface area contributed by atoms with Gasteiger partial charge in [0.25, 0.3) is 0 Å². The molecule has 4 heterocycles. The molecule has 2 aliphatic heterocycles. The molecular weight excluding hydrogens is 426 g/mol. The van der Waals surface area contributed by atoms with Crippen LogP contribution in [0.3, 0.4) is 0 Å². The van der Waals surface area contributed by atoms with Gasteiger partial charge < -0.3 is 14.5 Å². The fourth-order valence-corrected chi connectivity index (χ4v) is 5.06. The number of rotatable bonds is 4. The maximum Gasteiger partial charge on any atom is 0.320 e. The minimum absolute atomic E-state index is 0.114. The van der Waals surface area contributed by atoms with Gasteiger partial charge in [0.05, 0.1) is 18.9 Å². The Balaban J connectivity index is 1.41. The number of carbonyl (C=O) groups excluding carboxylic acids is 1. The minimum atomic E-state index is 0.114. The first-order valence-electron chi connectivity index (χ1n) is 12.3. The van der Waals surface area contributed by atoms with Crippen LogP contribution in [0.15, 0.2) is 48.5 Å². The monoisotopic (exact) mass is 459 g/mol. The summed E-state index contributed by atoms with van der Waals surface area (Å²) in [5.74, 6) is 0.458. The van der Waals surface area contributed by atoms with Crippen molar-refractivity contribution in [2.24, 2.45) is 0 Å². The topological polar surface area (TPSA) is 74.4 Å². The number of hydrogen-bond donors (Lipinski definition) is 1. The number of benzene rings is 1. The van der Waals surface area contributed by atoms with E-state index in [1.165, 1.54) is 11.1 Å². The van der Waals surface area contributed by atoms with Crippen LogP contribution in [-0.2, 0) is 11.2 Å². The first-order valence-corrected chi connectivity index (χ1v) is 12.3. The summed E-state index contributed by atoms with van der Waals surface area (Å²) in [4.78, 5) is 22.0. The first kappa shape index (κ1) is 22.6. The molecule has 2 saturated heterocycles. The Morgan fingerprint density at radius 3 is 2.53 bits per heavy atom. The number of likely N-dealkylation sites (tertiary alicyclic amines) is 1. The molecule has 2 aliphatic rings. The highest BCUT2D eigenvalue weighted by atomic mass is 16.5. The molecule has 3 aromatic rings. The molecule has 2 unspecified atom stereocenters. The van der Waals surface area contributed by atoms with Crippen molar-refractivity contribution >= 4 is 6.03 Å². The number of H-pyrrole nitrogens is 1. The van der Waals surface area contributed by atoms with E-state index >= 15 is 0 Å². The van der Waals surface area contributed by atoms with Crippen LogP contribution in [0.2, 0.25) is 0 Å². The summed E-state index contributed by atoms with van der Waals surface area (Å²) in [6, 6.07) is 17.1. The molecule has 0 radical (unpaired) electrons. The summed E-state index contributed by atoms with van der Waals surface area (Å²) in [6.07, 6.45) is 2.00. The lowest BCUT2D eigenvalue weighted by Crippen LogP contribution is -2.52. The predicted molar refractivity (Wildman–Crippen MR) is 132 cm³/mol. The standard InChI is InChI=1S/C27H33N5O2/c1-3-20-7-9-21(10-8-20)22-15-23(18-32(17-22)27(33)31-11-13-34-14-12-31)25-16-26(30-29-25)24-6-4-5-19(2)28-24/h4-10,16,22-23H,3,11-15,17-18H2,1-2H3,(H,29,30). The molecule has 0 saturated carbocycles. The predicted octanol–water partition coefficient (Wildman–Crippen LogP) is 4.37. The van der Waals surface area contributed by atoms with Gasteiger partial charge in [-0.15, -0.1) is 0 Å². The average Bonchev–Trinajstić information content (AvgIpc) is 3.39. The van der Waals surface area contributed by atoms with Crippen molar-refractivity contribution in [3.8, 4) is 11.4 Å². The molecule has 5 rings (SSSR count). The van der Waals surface area contributed by atoms with E-state index in [4.69, 9.17) is 4.74 Å². The van der Waals surface area contributed by atoms with Gasteiger partial charge in [0.2, 0.25) is 0 Å². The smallest absolute Gasteiger partial charge is 0.320 e. The van der Waals surface area contributed by atoms with Gasteiger partial charge in [-0.05, 0) is 49.1 Å². The molecule has 2 amide bonds. The van der Waals surface area contributed by atoms with Gasteiger partial charge in [-0.25, -0.2) is 4.79 Å².